The van der Waals surface area contributed by atoms with E-state index in [9.17, 15) is 14.7 Å². The van der Waals surface area contributed by atoms with Gasteiger partial charge in [0.15, 0.2) is 0 Å². The fraction of sp³-hybridized carbons (Fsp3) is 0.667. The van der Waals surface area contributed by atoms with Crippen LogP contribution < -0.4 is 5.32 Å². The Hall–Kier alpha value is -1.56. The van der Waals surface area contributed by atoms with Crippen molar-refractivity contribution in [3.8, 4) is 0 Å². The molecule has 2 aliphatic carbocycles. The molecular weight excluding hydrogens is 324 g/mol. The van der Waals surface area contributed by atoms with Crippen LogP contribution in [-0.2, 0) is 0 Å². The highest BCUT2D eigenvalue weighted by atomic mass is 32.1. The van der Waals surface area contributed by atoms with E-state index < -0.39 is 11.6 Å². The van der Waals surface area contributed by atoms with Gasteiger partial charge in [-0.25, -0.2) is 4.79 Å². The van der Waals surface area contributed by atoms with E-state index in [2.05, 4.69) is 5.32 Å². The lowest BCUT2D eigenvalue weighted by atomic mass is 10.1. The van der Waals surface area contributed by atoms with Gasteiger partial charge in [0.05, 0.1) is 5.56 Å². The van der Waals surface area contributed by atoms with Gasteiger partial charge in [-0.05, 0) is 46.1 Å². The first-order valence-electron chi connectivity index (χ1n) is 8.69. The third kappa shape index (κ3) is 3.58. The average molecular weight is 350 g/mol. The highest BCUT2D eigenvalue weighted by Gasteiger charge is 2.49. The van der Waals surface area contributed by atoms with Crippen LogP contribution in [0.2, 0.25) is 0 Å². The largest absolute Gasteiger partial charge is 0.465 e. The number of thiophene rings is 1. The van der Waals surface area contributed by atoms with E-state index in [4.69, 9.17) is 0 Å². The van der Waals surface area contributed by atoms with Crippen molar-refractivity contribution in [2.45, 2.75) is 76.4 Å². The van der Waals surface area contributed by atoms with Crippen LogP contribution in [0.25, 0.3) is 0 Å². The third-order valence-electron chi connectivity index (χ3n) is 4.95. The van der Waals surface area contributed by atoms with E-state index in [1.165, 1.54) is 12.8 Å². The second-order valence-corrected chi connectivity index (χ2v) is 8.87. The van der Waals surface area contributed by atoms with Gasteiger partial charge >= 0.3 is 6.09 Å². The second kappa shape index (κ2) is 6.39. The number of nitrogens with zero attached hydrogens (tertiary/aromatic N) is 1. The zero-order valence-electron chi connectivity index (χ0n) is 14.5. The Labute approximate surface area is 147 Å². The number of amides is 2. The molecule has 3 rings (SSSR count). The van der Waals surface area contributed by atoms with Crippen molar-refractivity contribution in [3.63, 3.8) is 0 Å². The summed E-state index contributed by atoms with van der Waals surface area (Å²) in [5.41, 5.74) is 0.302. The molecule has 2 unspecified atom stereocenters. The highest BCUT2D eigenvalue weighted by Crippen LogP contribution is 2.49. The molecule has 0 aromatic carbocycles. The number of carbonyl (C=O) groups excluding carboxylic acids is 1. The Kier molecular flexibility index (Phi) is 4.60. The van der Waals surface area contributed by atoms with Crippen LogP contribution in [0.3, 0.4) is 0 Å². The highest BCUT2D eigenvalue weighted by molar-refractivity contribution is 7.10. The molecule has 5 nitrogen and oxygen atoms in total. The van der Waals surface area contributed by atoms with Gasteiger partial charge < -0.3 is 10.4 Å². The quantitative estimate of drug-likeness (QED) is 0.860. The van der Waals surface area contributed by atoms with Crippen LogP contribution in [0.15, 0.2) is 11.4 Å². The van der Waals surface area contributed by atoms with Crippen molar-refractivity contribution in [2.24, 2.45) is 0 Å². The summed E-state index contributed by atoms with van der Waals surface area (Å²) in [6.07, 6.45) is 4.52. The van der Waals surface area contributed by atoms with Crippen LogP contribution >= 0.6 is 11.3 Å². The summed E-state index contributed by atoms with van der Waals surface area (Å²) < 4.78 is 0. The summed E-state index contributed by atoms with van der Waals surface area (Å²) in [5, 5.41) is 14.5. The van der Waals surface area contributed by atoms with Crippen molar-refractivity contribution < 1.29 is 14.7 Å². The number of hydrogen-bond acceptors (Lipinski definition) is 3. The molecule has 0 aliphatic heterocycles. The van der Waals surface area contributed by atoms with Crippen molar-refractivity contribution in [1.82, 2.24) is 10.2 Å². The van der Waals surface area contributed by atoms with Gasteiger partial charge in [0.1, 0.15) is 0 Å². The molecule has 0 spiro atoms. The van der Waals surface area contributed by atoms with Gasteiger partial charge in [-0.3, -0.25) is 9.69 Å². The maximum atomic E-state index is 12.3. The third-order valence-corrected chi connectivity index (χ3v) is 6.02. The van der Waals surface area contributed by atoms with Gasteiger partial charge in [0.25, 0.3) is 5.91 Å². The Morgan fingerprint density at radius 3 is 2.54 bits per heavy atom. The van der Waals surface area contributed by atoms with E-state index >= 15 is 0 Å². The maximum absolute atomic E-state index is 12.3. The molecule has 1 aromatic heterocycles. The van der Waals surface area contributed by atoms with Crippen LogP contribution in [0.1, 0.15) is 74.0 Å². The first-order chi connectivity index (χ1) is 11.3. The van der Waals surface area contributed by atoms with Gasteiger partial charge in [0.2, 0.25) is 0 Å². The molecular formula is C18H26N2O3S. The number of nitrogens with one attached hydrogen (secondary N) is 1. The fourth-order valence-corrected chi connectivity index (χ4v) is 4.77. The van der Waals surface area contributed by atoms with Gasteiger partial charge in [0, 0.05) is 33.8 Å². The van der Waals surface area contributed by atoms with E-state index in [1.807, 2.05) is 32.2 Å². The lowest BCUT2D eigenvalue weighted by Crippen LogP contribution is -2.46. The maximum Gasteiger partial charge on any atom is 0.408 e. The van der Waals surface area contributed by atoms with E-state index in [0.29, 0.717) is 11.6 Å². The lowest BCUT2D eigenvalue weighted by molar-refractivity contribution is 0.0926. The average Bonchev–Trinajstić information content (AvgIpc) is 2.92. The van der Waals surface area contributed by atoms with Crippen LogP contribution in [0, 0.1) is 0 Å². The number of carbonyl (C=O) groups is 2. The molecule has 24 heavy (non-hydrogen) atoms. The zero-order valence-corrected chi connectivity index (χ0v) is 15.4. The summed E-state index contributed by atoms with van der Waals surface area (Å²) >= 11 is 1.57. The van der Waals surface area contributed by atoms with Gasteiger partial charge in [-0.2, -0.15) is 0 Å². The first kappa shape index (κ1) is 17.3. The summed E-state index contributed by atoms with van der Waals surface area (Å²) in [5.74, 6) is 0.228. The number of hydrogen-bond donors (Lipinski definition) is 2. The first-order valence-corrected chi connectivity index (χ1v) is 9.57. The van der Waals surface area contributed by atoms with E-state index in [0.717, 1.165) is 24.1 Å². The molecule has 0 saturated heterocycles. The van der Waals surface area contributed by atoms with Crippen molar-refractivity contribution in [1.29, 1.82) is 0 Å². The van der Waals surface area contributed by atoms with Crippen LogP contribution in [0.5, 0.6) is 0 Å². The van der Waals surface area contributed by atoms with Crippen molar-refractivity contribution in [3.05, 3.63) is 21.9 Å². The molecule has 0 bridgehead atoms. The van der Waals surface area contributed by atoms with E-state index in [-0.39, 0.29) is 17.9 Å². The Morgan fingerprint density at radius 1 is 1.29 bits per heavy atom. The van der Waals surface area contributed by atoms with Crippen molar-refractivity contribution in [2.75, 3.05) is 0 Å². The molecule has 6 heteroatoms. The SMILES string of the molecule is CC(C)(C)N(C(=O)O)C1CC1c1cc(C(=O)NC2CCCC2)cs1. The summed E-state index contributed by atoms with van der Waals surface area (Å²) in [6, 6.07) is 2.28. The minimum atomic E-state index is -0.870. The Balaban J connectivity index is 1.64. The Bertz CT molecular complexity index is 628. The predicted octanol–water partition coefficient (Wildman–Crippen LogP) is 4.05. The standard InChI is InChI=1S/C18H26N2O3S/c1-18(2,3)20(17(22)23)14-9-13(14)15-8-11(10-24-15)16(21)19-12-6-4-5-7-12/h8,10,12-14H,4-7,9H2,1-3H3,(H,19,21)(H,22,23). The Morgan fingerprint density at radius 2 is 1.96 bits per heavy atom. The monoisotopic (exact) mass is 350 g/mol. The molecule has 1 heterocycles. The second-order valence-electron chi connectivity index (χ2n) is 7.93. The molecule has 0 radical (unpaired) electrons. The number of rotatable bonds is 4. The normalized spacial score (nSPS) is 24.0. The zero-order chi connectivity index (χ0) is 17.5. The van der Waals surface area contributed by atoms with Crippen molar-refractivity contribution >= 4 is 23.3 Å². The van der Waals surface area contributed by atoms with Crippen LogP contribution in [0.4, 0.5) is 4.79 Å². The van der Waals surface area contributed by atoms with Crippen LogP contribution in [-0.4, -0.2) is 39.6 Å². The van der Waals surface area contributed by atoms with Gasteiger partial charge in [-0.1, -0.05) is 12.8 Å². The topological polar surface area (TPSA) is 69.6 Å². The molecule has 1 aromatic rings. The molecule has 2 N–H and O–H groups in total. The summed E-state index contributed by atoms with van der Waals surface area (Å²) in [4.78, 5) is 26.6. The number of carboxylic acid groups (broad SMARTS) is 1. The molecule has 2 fully saturated rings. The minimum Gasteiger partial charge on any atom is -0.465 e. The molecule has 2 saturated carbocycles. The molecule has 2 aliphatic rings. The minimum absolute atomic E-state index is 0.00696. The van der Waals surface area contributed by atoms with Gasteiger partial charge in [-0.15, -0.1) is 11.3 Å². The smallest absolute Gasteiger partial charge is 0.408 e. The summed E-state index contributed by atoms with van der Waals surface area (Å²) in [7, 11) is 0. The lowest BCUT2D eigenvalue weighted by Gasteiger charge is -2.33. The molecule has 2 atom stereocenters. The molecule has 132 valence electrons. The predicted molar refractivity (Wildman–Crippen MR) is 94.8 cm³/mol. The fourth-order valence-electron chi connectivity index (χ4n) is 3.70. The van der Waals surface area contributed by atoms with E-state index in [1.54, 1.807) is 16.2 Å². The summed E-state index contributed by atoms with van der Waals surface area (Å²) in [6.45, 7) is 5.77. The molecule has 2 amide bonds.